The average molecular weight is 373 g/mol. The number of carbonyl (C=O) groups is 2. The summed E-state index contributed by atoms with van der Waals surface area (Å²) in [6.45, 7) is 2.30. The molecule has 1 fully saturated rings. The van der Waals surface area contributed by atoms with E-state index in [0.29, 0.717) is 13.0 Å². The summed E-state index contributed by atoms with van der Waals surface area (Å²) < 4.78 is 13.2. The Labute approximate surface area is 156 Å². The minimum Gasteiger partial charge on any atom is -0.481 e. The van der Waals surface area contributed by atoms with Crippen molar-refractivity contribution in [1.82, 2.24) is 4.90 Å². The molecule has 0 aromatic heterocycles. The predicted octanol–water partition coefficient (Wildman–Crippen LogP) is 3.98. The molecule has 1 aliphatic rings. The highest BCUT2D eigenvalue weighted by atomic mass is 32.2. The smallest absolute Gasteiger partial charge is 0.311 e. The molecule has 2 aromatic carbocycles. The molecule has 136 valence electrons. The van der Waals surface area contributed by atoms with Gasteiger partial charge in [0, 0.05) is 18.0 Å². The van der Waals surface area contributed by atoms with Gasteiger partial charge >= 0.3 is 5.97 Å². The Bertz CT molecular complexity index is 796. The third-order valence-electron chi connectivity index (χ3n) is 4.70. The first kappa shape index (κ1) is 18.5. The van der Waals surface area contributed by atoms with Gasteiger partial charge in [0.1, 0.15) is 11.1 Å². The molecule has 1 aliphatic heterocycles. The molecular weight excluding hydrogens is 353 g/mol. The molecule has 2 unspecified atom stereocenters. The highest BCUT2D eigenvalue weighted by Gasteiger charge is 2.43. The van der Waals surface area contributed by atoms with Crippen molar-refractivity contribution < 1.29 is 19.1 Å². The average Bonchev–Trinajstić information content (AvgIpc) is 3.05. The quantitative estimate of drug-likeness (QED) is 0.806. The molecule has 1 saturated heterocycles. The number of benzene rings is 2. The number of nitrogens with zero attached hydrogens (tertiary/aromatic N) is 1. The topological polar surface area (TPSA) is 57.6 Å². The summed E-state index contributed by atoms with van der Waals surface area (Å²) in [5, 5.41) is 8.91. The zero-order valence-corrected chi connectivity index (χ0v) is 15.2. The van der Waals surface area contributed by atoms with Gasteiger partial charge in [0.2, 0.25) is 5.91 Å². The van der Waals surface area contributed by atoms with Crippen LogP contribution >= 0.6 is 11.8 Å². The number of carboxylic acid groups (broad SMARTS) is 1. The largest absolute Gasteiger partial charge is 0.481 e. The molecule has 4 nitrogen and oxygen atoms in total. The molecule has 1 heterocycles. The normalized spacial score (nSPS) is 20.8. The number of likely N-dealkylation sites (tertiary alicyclic amines) is 1. The molecular formula is C20H20FNO3S. The molecule has 0 spiro atoms. The maximum Gasteiger partial charge on any atom is 0.311 e. The van der Waals surface area contributed by atoms with E-state index in [9.17, 15) is 19.1 Å². The van der Waals surface area contributed by atoms with Crippen LogP contribution in [0.5, 0.6) is 0 Å². The van der Waals surface area contributed by atoms with Crippen LogP contribution in [0.2, 0.25) is 0 Å². The number of carboxylic acids is 1. The first-order valence-electron chi connectivity index (χ1n) is 8.38. The van der Waals surface area contributed by atoms with Crippen molar-refractivity contribution in [3.05, 3.63) is 66.0 Å². The fourth-order valence-electron chi connectivity index (χ4n) is 3.03. The lowest BCUT2D eigenvalue weighted by molar-refractivity contribution is -0.147. The Morgan fingerprint density at radius 1 is 1.15 bits per heavy atom. The highest BCUT2D eigenvalue weighted by molar-refractivity contribution is 8.00. The fraction of sp³-hybridized carbons (Fsp3) is 0.300. The Hall–Kier alpha value is -2.34. The van der Waals surface area contributed by atoms with E-state index in [1.807, 2.05) is 30.3 Å². The lowest BCUT2D eigenvalue weighted by atomic mass is 9.90. The van der Waals surface area contributed by atoms with Crippen LogP contribution in [0.25, 0.3) is 0 Å². The minimum absolute atomic E-state index is 0.115. The van der Waals surface area contributed by atoms with E-state index in [4.69, 9.17) is 0 Å². The molecule has 3 rings (SSSR count). The molecule has 0 saturated carbocycles. The van der Waals surface area contributed by atoms with Gasteiger partial charge in [-0.1, -0.05) is 30.3 Å². The fourth-order valence-corrected chi connectivity index (χ4v) is 4.14. The molecule has 2 atom stereocenters. The zero-order chi connectivity index (χ0) is 18.7. The summed E-state index contributed by atoms with van der Waals surface area (Å²) in [4.78, 5) is 27.1. The highest BCUT2D eigenvalue weighted by Crippen LogP contribution is 2.39. The maximum atomic E-state index is 13.2. The second kappa shape index (κ2) is 7.50. The van der Waals surface area contributed by atoms with Crippen molar-refractivity contribution in [2.45, 2.75) is 23.5 Å². The van der Waals surface area contributed by atoms with E-state index < -0.39 is 16.6 Å². The SMILES string of the molecule is CC1(C(=O)O)CCN(C(=O)C(Sc2ccc(F)cc2)c2ccccc2)C1. The Kier molecular flexibility index (Phi) is 5.32. The van der Waals surface area contributed by atoms with Gasteiger partial charge in [0.15, 0.2) is 0 Å². The van der Waals surface area contributed by atoms with Crippen LogP contribution in [0.3, 0.4) is 0 Å². The first-order chi connectivity index (χ1) is 12.4. The van der Waals surface area contributed by atoms with Crippen molar-refractivity contribution in [3.63, 3.8) is 0 Å². The number of rotatable bonds is 5. The van der Waals surface area contributed by atoms with Crippen LogP contribution in [0.15, 0.2) is 59.5 Å². The summed E-state index contributed by atoms with van der Waals surface area (Å²) in [5.74, 6) is -1.32. The van der Waals surface area contributed by atoms with Gasteiger partial charge in [-0.15, -0.1) is 11.8 Å². The van der Waals surface area contributed by atoms with E-state index in [-0.39, 0.29) is 18.3 Å². The Morgan fingerprint density at radius 2 is 1.81 bits per heavy atom. The molecule has 26 heavy (non-hydrogen) atoms. The molecule has 1 N–H and O–H groups in total. The summed E-state index contributed by atoms with van der Waals surface area (Å²) >= 11 is 1.35. The molecule has 0 radical (unpaired) electrons. The van der Waals surface area contributed by atoms with Gasteiger partial charge in [-0.3, -0.25) is 9.59 Å². The van der Waals surface area contributed by atoms with E-state index in [1.54, 1.807) is 24.0 Å². The van der Waals surface area contributed by atoms with Crippen molar-refractivity contribution in [1.29, 1.82) is 0 Å². The van der Waals surface area contributed by atoms with Gasteiger partial charge in [-0.05, 0) is 43.2 Å². The Balaban J connectivity index is 1.85. The number of halogens is 1. The van der Waals surface area contributed by atoms with Gasteiger partial charge < -0.3 is 10.0 Å². The van der Waals surface area contributed by atoms with Gasteiger partial charge in [0.25, 0.3) is 0 Å². The number of hydrogen-bond acceptors (Lipinski definition) is 3. The molecule has 1 amide bonds. The summed E-state index contributed by atoms with van der Waals surface area (Å²) in [5.41, 5.74) is -0.0620. The van der Waals surface area contributed by atoms with Crippen LogP contribution in [0.1, 0.15) is 24.2 Å². The third-order valence-corrected chi connectivity index (χ3v) is 5.95. The lowest BCUT2D eigenvalue weighted by Gasteiger charge is -2.25. The molecule has 0 bridgehead atoms. The predicted molar refractivity (Wildman–Crippen MR) is 98.4 cm³/mol. The second-order valence-electron chi connectivity index (χ2n) is 6.74. The third kappa shape index (κ3) is 3.90. The number of hydrogen-bond donors (Lipinski definition) is 1. The van der Waals surface area contributed by atoms with Crippen LogP contribution in [0, 0.1) is 11.2 Å². The van der Waals surface area contributed by atoms with Gasteiger partial charge in [0.05, 0.1) is 5.41 Å². The van der Waals surface area contributed by atoms with E-state index in [0.717, 1.165) is 10.5 Å². The number of thioether (sulfide) groups is 1. The minimum atomic E-state index is -0.905. The van der Waals surface area contributed by atoms with Crippen molar-refractivity contribution >= 4 is 23.6 Å². The standard InChI is InChI=1S/C20H20FNO3S/c1-20(19(24)25)11-12-22(13-20)18(23)17(14-5-3-2-4-6-14)26-16-9-7-15(21)8-10-16/h2-10,17H,11-13H2,1H3,(H,24,25). The zero-order valence-electron chi connectivity index (χ0n) is 14.4. The van der Waals surface area contributed by atoms with Gasteiger partial charge in [-0.25, -0.2) is 4.39 Å². The molecule has 0 aliphatic carbocycles. The van der Waals surface area contributed by atoms with E-state index >= 15 is 0 Å². The van der Waals surface area contributed by atoms with Crippen LogP contribution in [0.4, 0.5) is 4.39 Å². The molecule has 2 aromatic rings. The van der Waals surface area contributed by atoms with E-state index in [2.05, 4.69) is 0 Å². The van der Waals surface area contributed by atoms with Gasteiger partial charge in [-0.2, -0.15) is 0 Å². The Morgan fingerprint density at radius 3 is 2.38 bits per heavy atom. The van der Waals surface area contributed by atoms with Crippen molar-refractivity contribution in [3.8, 4) is 0 Å². The lowest BCUT2D eigenvalue weighted by Crippen LogP contribution is -2.36. The summed E-state index contributed by atoms with van der Waals surface area (Å²) in [7, 11) is 0. The summed E-state index contributed by atoms with van der Waals surface area (Å²) in [6, 6.07) is 15.4. The van der Waals surface area contributed by atoms with Crippen molar-refractivity contribution in [2.24, 2.45) is 5.41 Å². The number of amides is 1. The monoisotopic (exact) mass is 373 g/mol. The van der Waals surface area contributed by atoms with Crippen LogP contribution in [-0.4, -0.2) is 35.0 Å². The second-order valence-corrected chi connectivity index (χ2v) is 7.92. The number of aliphatic carboxylic acids is 1. The van der Waals surface area contributed by atoms with Crippen LogP contribution in [-0.2, 0) is 9.59 Å². The van der Waals surface area contributed by atoms with Crippen molar-refractivity contribution in [2.75, 3.05) is 13.1 Å². The maximum absolute atomic E-state index is 13.2. The summed E-state index contributed by atoms with van der Waals surface area (Å²) in [6.07, 6.45) is 0.441. The van der Waals surface area contributed by atoms with E-state index in [1.165, 1.54) is 23.9 Å². The van der Waals surface area contributed by atoms with Crippen LogP contribution < -0.4 is 0 Å². The first-order valence-corrected chi connectivity index (χ1v) is 9.26. The number of carbonyl (C=O) groups excluding carboxylic acids is 1. The molecule has 6 heteroatoms.